The summed E-state index contributed by atoms with van der Waals surface area (Å²) in [5, 5.41) is 0. The minimum absolute atomic E-state index is 1.22. The zero-order valence-corrected chi connectivity index (χ0v) is 8.79. The summed E-state index contributed by atoms with van der Waals surface area (Å²) in [5.41, 5.74) is 0. The van der Waals surface area contributed by atoms with Crippen molar-refractivity contribution in [3.63, 3.8) is 0 Å². The van der Waals surface area contributed by atoms with E-state index < -0.39 is 0 Å². The van der Waals surface area contributed by atoms with E-state index in [0.29, 0.717) is 0 Å². The fraction of sp³-hybridized carbons (Fsp3) is 0.900. The Hall–Kier alpha value is -0.730. The standard InChI is InChI=1S/C10H20N3/c1-11-6-5-7-12(2)10(11)13-8-3-4-9-13/h3-9H2,1-2H3/q+1. The van der Waals surface area contributed by atoms with Gasteiger partial charge in [-0.2, -0.15) is 0 Å². The van der Waals surface area contributed by atoms with Gasteiger partial charge < -0.3 is 0 Å². The first-order chi connectivity index (χ1) is 6.29. The molecule has 0 bridgehead atoms. The topological polar surface area (TPSA) is 9.49 Å². The smallest absolute Gasteiger partial charge is 0.267 e. The normalized spacial score (nSPS) is 24.5. The second-order valence-electron chi connectivity index (χ2n) is 4.19. The van der Waals surface area contributed by atoms with E-state index in [0.717, 1.165) is 0 Å². The molecule has 0 aromatic rings. The predicted octanol–water partition coefficient (Wildman–Crippen LogP) is 0.416. The highest BCUT2D eigenvalue weighted by Crippen LogP contribution is 2.12. The van der Waals surface area contributed by atoms with Crippen LogP contribution in [0.15, 0.2) is 0 Å². The Morgan fingerprint density at radius 2 is 1.77 bits per heavy atom. The maximum Gasteiger partial charge on any atom is 0.350 e. The van der Waals surface area contributed by atoms with Crippen molar-refractivity contribution >= 4 is 5.96 Å². The van der Waals surface area contributed by atoms with Crippen LogP contribution in [0.25, 0.3) is 0 Å². The number of likely N-dealkylation sites (tertiary alicyclic amines) is 1. The molecule has 1 fully saturated rings. The van der Waals surface area contributed by atoms with Crippen LogP contribution >= 0.6 is 0 Å². The molecule has 2 heterocycles. The first-order valence-electron chi connectivity index (χ1n) is 5.33. The fourth-order valence-electron chi connectivity index (χ4n) is 2.44. The molecule has 13 heavy (non-hydrogen) atoms. The van der Waals surface area contributed by atoms with E-state index in [2.05, 4.69) is 28.5 Å². The lowest BCUT2D eigenvalue weighted by Crippen LogP contribution is -2.50. The number of nitrogens with zero attached hydrogens (tertiary/aromatic N) is 3. The SMILES string of the molecule is CN1CCC[N+](C)=C1N1CCCC1. The fourth-order valence-corrected chi connectivity index (χ4v) is 2.44. The van der Waals surface area contributed by atoms with Crippen LogP contribution in [0.3, 0.4) is 0 Å². The van der Waals surface area contributed by atoms with E-state index in [-0.39, 0.29) is 0 Å². The summed E-state index contributed by atoms with van der Waals surface area (Å²) in [7, 11) is 4.42. The van der Waals surface area contributed by atoms with Gasteiger partial charge in [0.15, 0.2) is 0 Å². The van der Waals surface area contributed by atoms with Gasteiger partial charge in [0, 0.05) is 6.42 Å². The van der Waals surface area contributed by atoms with Crippen LogP contribution in [0.5, 0.6) is 0 Å². The molecule has 2 aliphatic heterocycles. The van der Waals surface area contributed by atoms with Crippen molar-refractivity contribution in [3.8, 4) is 0 Å². The van der Waals surface area contributed by atoms with Crippen LogP contribution in [0.1, 0.15) is 19.3 Å². The lowest BCUT2D eigenvalue weighted by molar-refractivity contribution is -0.514. The van der Waals surface area contributed by atoms with Crippen molar-refractivity contribution in [2.24, 2.45) is 0 Å². The van der Waals surface area contributed by atoms with E-state index in [4.69, 9.17) is 0 Å². The van der Waals surface area contributed by atoms with Crippen molar-refractivity contribution in [2.45, 2.75) is 19.3 Å². The number of hydrogen-bond acceptors (Lipinski definition) is 2. The van der Waals surface area contributed by atoms with E-state index in [9.17, 15) is 0 Å². The second kappa shape index (κ2) is 3.56. The number of guanidine groups is 1. The largest absolute Gasteiger partial charge is 0.350 e. The van der Waals surface area contributed by atoms with Gasteiger partial charge in [-0.05, 0) is 12.8 Å². The highest BCUT2D eigenvalue weighted by Gasteiger charge is 2.30. The molecule has 1 saturated heterocycles. The quantitative estimate of drug-likeness (QED) is 0.502. The van der Waals surface area contributed by atoms with Gasteiger partial charge in [0.05, 0.1) is 40.3 Å². The van der Waals surface area contributed by atoms with Gasteiger partial charge in [0.1, 0.15) is 0 Å². The first-order valence-corrected chi connectivity index (χ1v) is 5.33. The van der Waals surface area contributed by atoms with Crippen molar-refractivity contribution in [2.75, 3.05) is 40.3 Å². The van der Waals surface area contributed by atoms with Gasteiger partial charge in [-0.1, -0.05) is 0 Å². The van der Waals surface area contributed by atoms with Gasteiger partial charge in [0.2, 0.25) is 0 Å². The van der Waals surface area contributed by atoms with E-state index >= 15 is 0 Å². The summed E-state index contributed by atoms with van der Waals surface area (Å²) in [5.74, 6) is 1.45. The number of rotatable bonds is 0. The summed E-state index contributed by atoms with van der Waals surface area (Å²) in [6.07, 6.45) is 4.03. The van der Waals surface area contributed by atoms with Gasteiger partial charge in [0.25, 0.3) is 0 Å². The van der Waals surface area contributed by atoms with E-state index in [1.807, 2.05) is 0 Å². The maximum absolute atomic E-state index is 2.53. The average molecular weight is 182 g/mol. The van der Waals surface area contributed by atoms with Crippen LogP contribution in [-0.2, 0) is 0 Å². The van der Waals surface area contributed by atoms with Crippen molar-refractivity contribution < 1.29 is 4.58 Å². The Kier molecular flexibility index (Phi) is 2.42. The molecule has 3 heteroatoms. The third kappa shape index (κ3) is 1.64. The van der Waals surface area contributed by atoms with Gasteiger partial charge in [-0.3, -0.25) is 14.4 Å². The minimum Gasteiger partial charge on any atom is -0.267 e. The molecule has 0 aromatic carbocycles. The Balaban J connectivity index is 2.16. The minimum atomic E-state index is 1.22. The Labute approximate surface area is 80.6 Å². The monoisotopic (exact) mass is 182 g/mol. The number of hydrogen-bond donors (Lipinski definition) is 0. The van der Waals surface area contributed by atoms with E-state index in [1.165, 1.54) is 51.4 Å². The lowest BCUT2D eigenvalue weighted by atomic mass is 10.3. The van der Waals surface area contributed by atoms with Gasteiger partial charge in [-0.25, -0.2) is 0 Å². The molecule has 0 saturated carbocycles. The molecule has 0 unspecified atom stereocenters. The molecule has 0 N–H and O–H groups in total. The summed E-state index contributed by atoms with van der Waals surface area (Å²) >= 11 is 0. The molecule has 0 radical (unpaired) electrons. The second-order valence-corrected chi connectivity index (χ2v) is 4.19. The molecule has 0 aliphatic carbocycles. The summed E-state index contributed by atoms with van der Waals surface area (Å²) < 4.78 is 2.40. The summed E-state index contributed by atoms with van der Waals surface area (Å²) in [4.78, 5) is 4.92. The maximum atomic E-state index is 2.53. The van der Waals surface area contributed by atoms with Crippen molar-refractivity contribution in [3.05, 3.63) is 0 Å². The highest BCUT2D eigenvalue weighted by atomic mass is 15.4. The first kappa shape index (κ1) is 8.85. The molecular weight excluding hydrogens is 162 g/mol. The highest BCUT2D eigenvalue weighted by molar-refractivity contribution is 5.75. The third-order valence-electron chi connectivity index (χ3n) is 3.06. The predicted molar refractivity (Wildman–Crippen MR) is 54.1 cm³/mol. The zero-order chi connectivity index (χ0) is 9.26. The molecular formula is C10H20N3+. The Morgan fingerprint density at radius 1 is 1.08 bits per heavy atom. The Morgan fingerprint density at radius 3 is 2.38 bits per heavy atom. The molecule has 3 nitrogen and oxygen atoms in total. The van der Waals surface area contributed by atoms with Crippen molar-refractivity contribution in [1.29, 1.82) is 0 Å². The van der Waals surface area contributed by atoms with Crippen molar-refractivity contribution in [1.82, 2.24) is 9.80 Å². The van der Waals surface area contributed by atoms with E-state index in [1.54, 1.807) is 0 Å². The molecule has 0 atom stereocenters. The molecule has 2 aliphatic rings. The Bertz CT molecular complexity index is 216. The van der Waals surface area contributed by atoms with Crippen LogP contribution in [0.2, 0.25) is 0 Å². The van der Waals surface area contributed by atoms with Crippen LogP contribution < -0.4 is 0 Å². The van der Waals surface area contributed by atoms with Gasteiger partial charge >= 0.3 is 5.96 Å². The van der Waals surface area contributed by atoms with Gasteiger partial charge in [-0.15, -0.1) is 0 Å². The van der Waals surface area contributed by atoms with Crippen LogP contribution in [0, 0.1) is 0 Å². The van der Waals surface area contributed by atoms with Crippen LogP contribution in [0.4, 0.5) is 0 Å². The third-order valence-corrected chi connectivity index (χ3v) is 3.06. The molecule has 74 valence electrons. The zero-order valence-electron chi connectivity index (χ0n) is 8.79. The molecule has 0 spiro atoms. The lowest BCUT2D eigenvalue weighted by Gasteiger charge is -2.28. The molecule has 0 aromatic heterocycles. The molecule has 0 amide bonds. The molecule has 2 rings (SSSR count). The summed E-state index contributed by atoms with van der Waals surface area (Å²) in [6, 6.07) is 0. The summed E-state index contributed by atoms with van der Waals surface area (Å²) in [6.45, 7) is 4.94. The average Bonchev–Trinajstić information content (AvgIpc) is 2.57. The van der Waals surface area contributed by atoms with Crippen LogP contribution in [-0.4, -0.2) is 60.6 Å².